The van der Waals surface area contributed by atoms with Crippen molar-refractivity contribution in [2.24, 2.45) is 5.92 Å². The summed E-state index contributed by atoms with van der Waals surface area (Å²) < 4.78 is 0. The Labute approximate surface area is 141 Å². The molecule has 122 valence electrons. The Morgan fingerprint density at radius 1 is 1.29 bits per heavy atom. The molecule has 1 saturated carbocycles. The molecule has 0 saturated heterocycles. The molecule has 3 rings (SSSR count). The van der Waals surface area contributed by atoms with Gasteiger partial charge in [0.1, 0.15) is 11.6 Å². The first-order chi connectivity index (χ1) is 11.7. The predicted molar refractivity (Wildman–Crippen MR) is 92.7 cm³/mol. The van der Waals surface area contributed by atoms with Gasteiger partial charge in [-0.1, -0.05) is 31.9 Å². The summed E-state index contributed by atoms with van der Waals surface area (Å²) in [6, 6.07) is 9.63. The second kappa shape index (κ2) is 7.22. The number of fused-ring (bicyclic) bond motifs is 1. The van der Waals surface area contributed by atoms with E-state index in [2.05, 4.69) is 22.2 Å². The van der Waals surface area contributed by atoms with Crippen LogP contribution in [0.15, 0.2) is 36.0 Å². The summed E-state index contributed by atoms with van der Waals surface area (Å²) >= 11 is 0. The van der Waals surface area contributed by atoms with Crippen molar-refractivity contribution in [3.05, 3.63) is 41.7 Å². The summed E-state index contributed by atoms with van der Waals surface area (Å²) in [7, 11) is 0. The molecule has 0 bridgehead atoms. The van der Waals surface area contributed by atoms with Crippen molar-refractivity contribution in [2.75, 3.05) is 0 Å². The maximum Gasteiger partial charge on any atom is 0.262 e. The number of hydrogen-bond acceptors (Lipinski definition) is 4. The van der Waals surface area contributed by atoms with E-state index in [0.29, 0.717) is 11.6 Å². The average Bonchev–Trinajstić information content (AvgIpc) is 2.61. The van der Waals surface area contributed by atoms with E-state index in [4.69, 9.17) is 0 Å². The zero-order valence-corrected chi connectivity index (χ0v) is 13.7. The molecular weight excluding hydrogens is 300 g/mol. The third-order valence-electron chi connectivity index (χ3n) is 4.55. The summed E-state index contributed by atoms with van der Waals surface area (Å²) in [4.78, 5) is 21.2. The Bertz CT molecular complexity index is 821. The quantitative estimate of drug-likeness (QED) is 0.695. The normalized spacial score (nSPS) is 21.2. The van der Waals surface area contributed by atoms with Crippen LogP contribution in [-0.4, -0.2) is 21.9 Å². The fourth-order valence-corrected chi connectivity index (χ4v) is 3.11. The number of para-hydroxylation sites is 2. The standard InChI is InChI=1S/C19H20N4O/c1-13-6-2-3-7-16(13)23-19(24)14(11-20)10-15-12-21-17-8-4-5-9-18(17)22-15/h4-5,8-10,12-13,16H,2-3,6-7H2,1H3,(H,23,24)/b14-10+/t13-,16-/m1/s1. The Hall–Kier alpha value is -2.74. The third-order valence-corrected chi connectivity index (χ3v) is 4.55. The Balaban J connectivity index is 1.79. The van der Waals surface area contributed by atoms with Crippen molar-refractivity contribution in [1.82, 2.24) is 15.3 Å². The van der Waals surface area contributed by atoms with Crippen LogP contribution >= 0.6 is 0 Å². The first-order valence-electron chi connectivity index (χ1n) is 8.32. The van der Waals surface area contributed by atoms with Gasteiger partial charge in [0.25, 0.3) is 5.91 Å². The lowest BCUT2D eigenvalue weighted by atomic mass is 9.86. The second-order valence-corrected chi connectivity index (χ2v) is 6.30. The lowest BCUT2D eigenvalue weighted by Crippen LogP contribution is -2.41. The lowest BCUT2D eigenvalue weighted by molar-refractivity contribution is -0.118. The van der Waals surface area contributed by atoms with Crippen LogP contribution in [-0.2, 0) is 4.79 Å². The van der Waals surface area contributed by atoms with Gasteiger partial charge >= 0.3 is 0 Å². The summed E-state index contributed by atoms with van der Waals surface area (Å²) in [5.41, 5.74) is 2.10. The van der Waals surface area contributed by atoms with E-state index in [1.54, 1.807) is 6.20 Å². The number of benzene rings is 1. The van der Waals surface area contributed by atoms with Crippen LogP contribution in [0.2, 0.25) is 0 Å². The van der Waals surface area contributed by atoms with E-state index in [0.717, 1.165) is 30.3 Å². The van der Waals surface area contributed by atoms with Gasteiger partial charge in [-0.25, -0.2) is 4.98 Å². The number of nitrogens with zero attached hydrogens (tertiary/aromatic N) is 3. The van der Waals surface area contributed by atoms with E-state index in [1.165, 1.54) is 12.5 Å². The average molecular weight is 320 g/mol. The van der Waals surface area contributed by atoms with Crippen molar-refractivity contribution >= 4 is 23.0 Å². The number of aromatic nitrogens is 2. The summed E-state index contributed by atoms with van der Waals surface area (Å²) in [5.74, 6) is 0.120. The Morgan fingerprint density at radius 3 is 2.79 bits per heavy atom. The highest BCUT2D eigenvalue weighted by Crippen LogP contribution is 2.24. The molecule has 1 aromatic heterocycles. The molecule has 0 unspecified atom stereocenters. The lowest BCUT2D eigenvalue weighted by Gasteiger charge is -2.29. The summed E-state index contributed by atoms with van der Waals surface area (Å²) in [6.45, 7) is 2.15. The minimum atomic E-state index is -0.328. The maximum atomic E-state index is 12.4. The van der Waals surface area contributed by atoms with Crippen molar-refractivity contribution < 1.29 is 4.79 Å². The van der Waals surface area contributed by atoms with E-state index >= 15 is 0 Å². The van der Waals surface area contributed by atoms with Gasteiger partial charge < -0.3 is 5.32 Å². The minimum Gasteiger partial charge on any atom is -0.348 e. The molecule has 1 amide bonds. The van der Waals surface area contributed by atoms with Gasteiger partial charge in [0.05, 0.1) is 22.9 Å². The summed E-state index contributed by atoms with van der Waals surface area (Å²) in [6.07, 6.45) is 7.50. The minimum absolute atomic E-state index is 0.0670. The number of carbonyl (C=O) groups is 1. The van der Waals surface area contributed by atoms with Crippen LogP contribution in [0.25, 0.3) is 17.1 Å². The highest BCUT2D eigenvalue weighted by Gasteiger charge is 2.24. The van der Waals surface area contributed by atoms with Crippen LogP contribution < -0.4 is 5.32 Å². The zero-order chi connectivity index (χ0) is 16.9. The predicted octanol–water partition coefficient (Wildman–Crippen LogP) is 3.23. The molecule has 1 fully saturated rings. The van der Waals surface area contributed by atoms with Gasteiger partial charge in [0.15, 0.2) is 0 Å². The number of amides is 1. The molecule has 0 radical (unpaired) electrons. The molecule has 5 heteroatoms. The molecule has 5 nitrogen and oxygen atoms in total. The zero-order valence-electron chi connectivity index (χ0n) is 13.7. The molecule has 24 heavy (non-hydrogen) atoms. The van der Waals surface area contributed by atoms with E-state index < -0.39 is 0 Å². The van der Waals surface area contributed by atoms with Crippen LogP contribution in [0.5, 0.6) is 0 Å². The van der Waals surface area contributed by atoms with Gasteiger partial charge in [0, 0.05) is 6.04 Å². The highest BCUT2D eigenvalue weighted by molar-refractivity contribution is 6.01. The second-order valence-electron chi connectivity index (χ2n) is 6.30. The molecular formula is C19H20N4O. The molecule has 1 heterocycles. The molecule has 1 N–H and O–H groups in total. The van der Waals surface area contributed by atoms with Gasteiger partial charge in [-0.3, -0.25) is 9.78 Å². The van der Waals surface area contributed by atoms with Crippen LogP contribution in [0, 0.1) is 17.2 Å². The molecule has 1 aromatic carbocycles. The van der Waals surface area contributed by atoms with Crippen LogP contribution in [0.4, 0.5) is 0 Å². The first-order valence-corrected chi connectivity index (χ1v) is 8.32. The number of nitrogens with one attached hydrogen (secondary N) is 1. The van der Waals surface area contributed by atoms with Crippen molar-refractivity contribution in [3.63, 3.8) is 0 Å². The van der Waals surface area contributed by atoms with Crippen LogP contribution in [0.1, 0.15) is 38.3 Å². The number of rotatable bonds is 3. The fraction of sp³-hybridized carbons (Fsp3) is 0.368. The van der Waals surface area contributed by atoms with Gasteiger partial charge in [-0.15, -0.1) is 0 Å². The number of nitriles is 1. The molecule has 0 aliphatic heterocycles. The molecule has 1 aliphatic carbocycles. The van der Waals surface area contributed by atoms with Crippen molar-refractivity contribution in [1.29, 1.82) is 5.26 Å². The smallest absolute Gasteiger partial charge is 0.262 e. The molecule has 2 atom stereocenters. The Morgan fingerprint density at radius 2 is 2.04 bits per heavy atom. The van der Waals surface area contributed by atoms with Gasteiger partial charge in [-0.05, 0) is 37.0 Å². The maximum absolute atomic E-state index is 12.4. The monoisotopic (exact) mass is 320 g/mol. The van der Waals surface area contributed by atoms with Crippen LogP contribution in [0.3, 0.4) is 0 Å². The third kappa shape index (κ3) is 3.60. The molecule has 1 aliphatic rings. The van der Waals surface area contributed by atoms with E-state index in [9.17, 15) is 10.1 Å². The van der Waals surface area contributed by atoms with E-state index in [-0.39, 0.29) is 17.5 Å². The van der Waals surface area contributed by atoms with Crippen molar-refractivity contribution in [3.8, 4) is 6.07 Å². The highest BCUT2D eigenvalue weighted by atomic mass is 16.1. The largest absolute Gasteiger partial charge is 0.348 e. The van der Waals surface area contributed by atoms with Crippen molar-refractivity contribution in [2.45, 2.75) is 38.6 Å². The fourth-order valence-electron chi connectivity index (χ4n) is 3.11. The Kier molecular flexibility index (Phi) is 4.85. The van der Waals surface area contributed by atoms with E-state index in [1.807, 2.05) is 30.3 Å². The molecule has 2 aromatic rings. The number of carbonyl (C=O) groups excluding carboxylic acids is 1. The topological polar surface area (TPSA) is 78.7 Å². The summed E-state index contributed by atoms with van der Waals surface area (Å²) in [5, 5.41) is 12.3. The number of hydrogen-bond donors (Lipinski definition) is 1. The molecule has 0 spiro atoms. The first kappa shape index (κ1) is 16.1. The SMILES string of the molecule is C[C@@H]1CCCC[C@H]1NC(=O)/C(C#N)=C/c1cnc2ccccc2n1. The van der Waals surface area contributed by atoms with Gasteiger partial charge in [0.2, 0.25) is 0 Å². The van der Waals surface area contributed by atoms with Gasteiger partial charge in [-0.2, -0.15) is 5.26 Å².